The van der Waals surface area contributed by atoms with Crippen LogP contribution in [0.3, 0.4) is 0 Å². The van der Waals surface area contributed by atoms with Gasteiger partial charge >= 0.3 is 0 Å². The predicted octanol–water partition coefficient (Wildman–Crippen LogP) is 3.98. The highest BCUT2D eigenvalue weighted by atomic mass is 32.1. The Labute approximate surface area is 106 Å². The summed E-state index contributed by atoms with van der Waals surface area (Å²) in [5.41, 5.74) is 4.05. The second-order valence-corrected chi connectivity index (χ2v) is 5.91. The van der Waals surface area contributed by atoms with Gasteiger partial charge < -0.3 is 5.32 Å². The Morgan fingerprint density at radius 1 is 1.18 bits per heavy atom. The lowest BCUT2D eigenvalue weighted by atomic mass is 10.1. The highest BCUT2D eigenvalue weighted by molar-refractivity contribution is 7.10. The molecular weight excluding hydrogens is 226 g/mol. The number of benzene rings is 1. The van der Waals surface area contributed by atoms with Gasteiger partial charge in [-0.2, -0.15) is 0 Å². The molecule has 1 aliphatic rings. The largest absolute Gasteiger partial charge is 0.310 e. The number of thiophene rings is 1. The monoisotopic (exact) mass is 243 g/mol. The predicted molar refractivity (Wildman–Crippen MR) is 74.4 cm³/mol. The van der Waals surface area contributed by atoms with Gasteiger partial charge in [0.05, 0.1) is 0 Å². The van der Waals surface area contributed by atoms with Crippen molar-refractivity contribution in [2.75, 3.05) is 0 Å². The Morgan fingerprint density at radius 2 is 1.94 bits per heavy atom. The van der Waals surface area contributed by atoms with Gasteiger partial charge in [-0.3, -0.25) is 0 Å². The van der Waals surface area contributed by atoms with E-state index in [0.29, 0.717) is 0 Å². The molecule has 0 spiro atoms. The number of nitrogens with one attached hydrogen (secondary N) is 1. The van der Waals surface area contributed by atoms with Crippen LogP contribution >= 0.6 is 11.3 Å². The standard InChI is InChI=1S/C15H17NS/c1-11-8-14(10-17-11)13-4-2-12(3-5-13)9-16-15-6-7-15/h2-5,8,10,15-16H,6-7,9H2,1H3. The van der Waals surface area contributed by atoms with Crippen molar-refractivity contribution in [3.05, 3.63) is 46.2 Å². The van der Waals surface area contributed by atoms with E-state index in [0.717, 1.165) is 12.6 Å². The van der Waals surface area contributed by atoms with Crippen molar-refractivity contribution < 1.29 is 0 Å². The Morgan fingerprint density at radius 3 is 2.53 bits per heavy atom. The van der Waals surface area contributed by atoms with Gasteiger partial charge in [0.2, 0.25) is 0 Å². The molecule has 1 aliphatic carbocycles. The van der Waals surface area contributed by atoms with E-state index in [1.807, 2.05) is 11.3 Å². The third-order valence-electron chi connectivity index (χ3n) is 3.19. The van der Waals surface area contributed by atoms with Crippen LogP contribution in [0.2, 0.25) is 0 Å². The SMILES string of the molecule is Cc1cc(-c2ccc(CNC3CC3)cc2)cs1. The maximum absolute atomic E-state index is 3.54. The molecule has 3 rings (SSSR count). The first-order valence-electron chi connectivity index (χ1n) is 6.19. The van der Waals surface area contributed by atoms with Crippen molar-refractivity contribution in [2.24, 2.45) is 0 Å². The summed E-state index contributed by atoms with van der Waals surface area (Å²) >= 11 is 1.81. The van der Waals surface area contributed by atoms with Gasteiger partial charge in [0.1, 0.15) is 0 Å². The molecule has 1 fully saturated rings. The van der Waals surface area contributed by atoms with E-state index in [2.05, 4.69) is 48.0 Å². The third-order valence-corrected chi connectivity index (χ3v) is 4.05. The molecule has 1 heterocycles. The molecule has 0 amide bonds. The first-order valence-corrected chi connectivity index (χ1v) is 7.07. The lowest BCUT2D eigenvalue weighted by Gasteiger charge is -2.04. The average molecular weight is 243 g/mol. The molecule has 0 unspecified atom stereocenters. The van der Waals surface area contributed by atoms with E-state index in [1.165, 1.54) is 34.4 Å². The minimum absolute atomic E-state index is 0.786. The topological polar surface area (TPSA) is 12.0 Å². The van der Waals surface area contributed by atoms with E-state index in [1.54, 1.807) is 0 Å². The lowest BCUT2D eigenvalue weighted by molar-refractivity contribution is 0.688. The first-order chi connectivity index (χ1) is 8.31. The van der Waals surface area contributed by atoms with E-state index in [9.17, 15) is 0 Å². The molecule has 1 saturated carbocycles. The molecule has 0 saturated heterocycles. The van der Waals surface area contributed by atoms with Gasteiger partial charge in [0, 0.05) is 17.5 Å². The Balaban J connectivity index is 1.70. The number of aryl methyl sites for hydroxylation is 1. The summed E-state index contributed by atoms with van der Waals surface area (Å²) in [6.45, 7) is 3.16. The average Bonchev–Trinajstić information content (AvgIpc) is 3.09. The van der Waals surface area contributed by atoms with Gasteiger partial charge in [-0.1, -0.05) is 24.3 Å². The molecule has 2 heteroatoms. The van der Waals surface area contributed by atoms with Crippen LogP contribution in [-0.4, -0.2) is 6.04 Å². The Kier molecular flexibility index (Phi) is 3.00. The van der Waals surface area contributed by atoms with Crippen LogP contribution in [0.15, 0.2) is 35.7 Å². The van der Waals surface area contributed by atoms with Gasteiger partial charge in [0.25, 0.3) is 0 Å². The zero-order valence-corrected chi connectivity index (χ0v) is 10.9. The number of rotatable bonds is 4. The summed E-state index contributed by atoms with van der Waals surface area (Å²) < 4.78 is 0. The first kappa shape index (κ1) is 11.0. The van der Waals surface area contributed by atoms with Crippen LogP contribution in [0, 0.1) is 6.92 Å². The molecular formula is C15H17NS. The van der Waals surface area contributed by atoms with Crippen molar-refractivity contribution in [3.8, 4) is 11.1 Å². The van der Waals surface area contributed by atoms with Crippen molar-refractivity contribution in [3.63, 3.8) is 0 Å². The zero-order valence-electron chi connectivity index (χ0n) is 10.1. The Hall–Kier alpha value is -1.12. The maximum atomic E-state index is 3.54. The summed E-state index contributed by atoms with van der Waals surface area (Å²) in [5, 5.41) is 5.77. The van der Waals surface area contributed by atoms with Gasteiger partial charge in [-0.05, 0) is 47.9 Å². The van der Waals surface area contributed by atoms with Gasteiger partial charge in [-0.25, -0.2) is 0 Å². The second-order valence-electron chi connectivity index (χ2n) is 4.80. The van der Waals surface area contributed by atoms with Crippen molar-refractivity contribution >= 4 is 11.3 Å². The van der Waals surface area contributed by atoms with Gasteiger partial charge in [-0.15, -0.1) is 11.3 Å². The number of hydrogen-bond acceptors (Lipinski definition) is 2. The van der Waals surface area contributed by atoms with Gasteiger partial charge in [0.15, 0.2) is 0 Å². The third kappa shape index (κ3) is 2.76. The van der Waals surface area contributed by atoms with Crippen molar-refractivity contribution in [2.45, 2.75) is 32.4 Å². The summed E-state index contributed by atoms with van der Waals surface area (Å²) in [6.07, 6.45) is 2.71. The molecule has 0 radical (unpaired) electrons. The highest BCUT2D eigenvalue weighted by Crippen LogP contribution is 2.25. The molecule has 2 aromatic rings. The van der Waals surface area contributed by atoms with Crippen molar-refractivity contribution in [1.82, 2.24) is 5.32 Å². The fraction of sp³-hybridized carbons (Fsp3) is 0.333. The smallest absolute Gasteiger partial charge is 0.0208 e. The molecule has 0 bridgehead atoms. The summed E-state index contributed by atoms with van der Waals surface area (Å²) in [4.78, 5) is 1.37. The maximum Gasteiger partial charge on any atom is 0.0208 e. The highest BCUT2D eigenvalue weighted by Gasteiger charge is 2.19. The van der Waals surface area contributed by atoms with E-state index in [4.69, 9.17) is 0 Å². The molecule has 1 aromatic carbocycles. The van der Waals surface area contributed by atoms with E-state index in [-0.39, 0.29) is 0 Å². The Bertz CT molecular complexity index is 494. The molecule has 1 N–H and O–H groups in total. The minimum Gasteiger partial charge on any atom is -0.310 e. The van der Waals surface area contributed by atoms with Crippen LogP contribution in [0.5, 0.6) is 0 Å². The summed E-state index contributed by atoms with van der Waals surface area (Å²) in [6, 6.07) is 12.0. The quantitative estimate of drug-likeness (QED) is 0.856. The second kappa shape index (κ2) is 4.63. The van der Waals surface area contributed by atoms with Crippen LogP contribution in [0.1, 0.15) is 23.3 Å². The molecule has 1 aromatic heterocycles. The van der Waals surface area contributed by atoms with Crippen LogP contribution < -0.4 is 5.32 Å². The lowest BCUT2D eigenvalue weighted by Crippen LogP contribution is -2.14. The molecule has 1 nitrogen and oxygen atoms in total. The molecule has 88 valence electrons. The van der Waals surface area contributed by atoms with Crippen LogP contribution in [0.25, 0.3) is 11.1 Å². The summed E-state index contributed by atoms with van der Waals surface area (Å²) in [5.74, 6) is 0. The fourth-order valence-electron chi connectivity index (χ4n) is 1.96. The minimum atomic E-state index is 0.786. The molecule has 0 atom stereocenters. The normalized spacial score (nSPS) is 15.1. The van der Waals surface area contributed by atoms with Crippen molar-refractivity contribution in [1.29, 1.82) is 0 Å². The zero-order chi connectivity index (χ0) is 11.7. The number of hydrogen-bond donors (Lipinski definition) is 1. The van der Waals surface area contributed by atoms with E-state index >= 15 is 0 Å². The summed E-state index contributed by atoms with van der Waals surface area (Å²) in [7, 11) is 0. The van der Waals surface area contributed by atoms with Crippen LogP contribution in [0.4, 0.5) is 0 Å². The van der Waals surface area contributed by atoms with E-state index < -0.39 is 0 Å². The molecule has 0 aliphatic heterocycles. The fourth-order valence-corrected chi connectivity index (χ4v) is 2.67. The molecule has 17 heavy (non-hydrogen) atoms. The van der Waals surface area contributed by atoms with Crippen LogP contribution in [-0.2, 0) is 6.54 Å².